The molecule has 3 nitrogen and oxygen atoms in total. The lowest BCUT2D eigenvalue weighted by atomic mass is 10.1. The van der Waals surface area contributed by atoms with Crippen LogP contribution in [-0.2, 0) is 24.2 Å². The fraction of sp³-hybridized carbons (Fsp3) is 0.400. The number of hydrogen-bond acceptors (Lipinski definition) is 2. The molecule has 1 aromatic carbocycles. The molecule has 0 unspecified atom stereocenters. The van der Waals surface area contributed by atoms with Gasteiger partial charge >= 0.3 is 0 Å². The van der Waals surface area contributed by atoms with Gasteiger partial charge in [-0.15, -0.1) is 0 Å². The van der Waals surface area contributed by atoms with Gasteiger partial charge in [0, 0.05) is 0 Å². The molecule has 0 aliphatic rings. The molecule has 0 fully saturated rings. The molecule has 0 spiro atoms. The van der Waals surface area contributed by atoms with Crippen molar-refractivity contribution in [1.82, 2.24) is 10.2 Å². The van der Waals surface area contributed by atoms with Gasteiger partial charge in [-0.1, -0.05) is 30.3 Å². The van der Waals surface area contributed by atoms with Gasteiger partial charge < -0.3 is 4.74 Å². The third kappa shape index (κ3) is 4.00. The quantitative estimate of drug-likeness (QED) is 0.847. The van der Waals surface area contributed by atoms with Gasteiger partial charge in [0.2, 0.25) is 0 Å². The second-order valence-electron chi connectivity index (χ2n) is 4.73. The zero-order valence-corrected chi connectivity index (χ0v) is 11.0. The highest BCUT2D eigenvalue weighted by molar-refractivity contribution is 5.17. The van der Waals surface area contributed by atoms with Crippen LogP contribution in [0.5, 0.6) is 0 Å². The lowest BCUT2D eigenvalue weighted by Gasteiger charge is -2.04. The van der Waals surface area contributed by atoms with E-state index in [1.54, 1.807) is 0 Å². The minimum Gasteiger partial charge on any atom is -0.373 e. The van der Waals surface area contributed by atoms with Gasteiger partial charge in [-0.25, -0.2) is 0 Å². The van der Waals surface area contributed by atoms with E-state index in [0.717, 1.165) is 24.2 Å². The van der Waals surface area contributed by atoms with Crippen molar-refractivity contribution in [1.29, 1.82) is 0 Å². The van der Waals surface area contributed by atoms with E-state index in [2.05, 4.69) is 40.5 Å². The molecule has 0 saturated carbocycles. The number of nitrogens with one attached hydrogen (secondary N) is 1. The molecule has 2 aromatic rings. The molecule has 1 aromatic heterocycles. The zero-order valence-electron chi connectivity index (χ0n) is 11.0. The highest BCUT2D eigenvalue weighted by atomic mass is 16.5. The van der Waals surface area contributed by atoms with Crippen molar-refractivity contribution >= 4 is 0 Å². The summed E-state index contributed by atoms with van der Waals surface area (Å²) in [6.07, 6.45) is 2.24. The second-order valence-corrected chi connectivity index (χ2v) is 4.73. The summed E-state index contributed by atoms with van der Waals surface area (Å²) < 4.78 is 5.53. The van der Waals surface area contributed by atoms with Gasteiger partial charge in [0.05, 0.1) is 24.1 Å². The summed E-state index contributed by atoms with van der Waals surface area (Å²) in [5.41, 5.74) is 3.49. The Balaban J connectivity index is 1.83. The van der Waals surface area contributed by atoms with Gasteiger partial charge in [-0.2, -0.15) is 5.10 Å². The largest absolute Gasteiger partial charge is 0.373 e. The molecule has 2 rings (SSSR count). The number of aryl methyl sites for hydroxylation is 2. The molecule has 0 radical (unpaired) electrons. The van der Waals surface area contributed by atoms with Crippen molar-refractivity contribution in [3.8, 4) is 0 Å². The topological polar surface area (TPSA) is 37.9 Å². The smallest absolute Gasteiger partial charge is 0.0885 e. The zero-order chi connectivity index (χ0) is 12.8. The Morgan fingerprint density at radius 3 is 2.67 bits per heavy atom. The average Bonchev–Trinajstić information content (AvgIpc) is 2.83. The van der Waals surface area contributed by atoms with Gasteiger partial charge in [-0.3, -0.25) is 5.10 Å². The van der Waals surface area contributed by atoms with E-state index in [1.807, 2.05) is 19.9 Å². The predicted molar refractivity (Wildman–Crippen MR) is 72.4 cm³/mol. The normalized spacial score (nSPS) is 11.1. The Kier molecular flexibility index (Phi) is 4.53. The molecular formula is C15H20N2O. The second kappa shape index (κ2) is 6.36. The van der Waals surface area contributed by atoms with Crippen LogP contribution in [-0.4, -0.2) is 16.3 Å². The van der Waals surface area contributed by atoms with Crippen LogP contribution in [0.3, 0.4) is 0 Å². The highest BCUT2D eigenvalue weighted by Crippen LogP contribution is 2.08. The Morgan fingerprint density at radius 1 is 1.17 bits per heavy atom. The van der Waals surface area contributed by atoms with Crippen LogP contribution in [0.4, 0.5) is 0 Å². The number of rotatable bonds is 6. The van der Waals surface area contributed by atoms with Crippen molar-refractivity contribution in [3.05, 3.63) is 53.3 Å². The van der Waals surface area contributed by atoms with Crippen molar-refractivity contribution in [2.24, 2.45) is 0 Å². The third-order valence-corrected chi connectivity index (χ3v) is 2.77. The summed E-state index contributed by atoms with van der Waals surface area (Å²) in [6.45, 7) is 4.68. The van der Waals surface area contributed by atoms with E-state index < -0.39 is 0 Å². The molecule has 0 aliphatic carbocycles. The molecular weight excluding hydrogens is 224 g/mol. The molecule has 0 saturated heterocycles. The fourth-order valence-corrected chi connectivity index (χ4v) is 1.78. The first-order chi connectivity index (χ1) is 8.74. The number of nitrogens with zero attached hydrogens (tertiary/aromatic N) is 1. The van der Waals surface area contributed by atoms with Crippen molar-refractivity contribution in [2.75, 3.05) is 0 Å². The van der Waals surface area contributed by atoms with Crippen molar-refractivity contribution in [3.63, 3.8) is 0 Å². The predicted octanol–water partition coefficient (Wildman–Crippen LogP) is 3.12. The SMILES string of the molecule is CC(C)OCc1cc(CCc2ccccc2)n[nH]1. The molecule has 0 amide bonds. The Labute approximate surface area is 108 Å². The number of H-pyrrole nitrogens is 1. The summed E-state index contributed by atoms with van der Waals surface area (Å²) in [5, 5.41) is 7.33. The van der Waals surface area contributed by atoms with Gasteiger partial charge in [-0.05, 0) is 38.3 Å². The summed E-state index contributed by atoms with van der Waals surface area (Å²) in [4.78, 5) is 0. The van der Waals surface area contributed by atoms with Crippen LogP contribution in [0.25, 0.3) is 0 Å². The van der Waals surface area contributed by atoms with Crippen molar-refractivity contribution in [2.45, 2.75) is 39.4 Å². The number of benzene rings is 1. The van der Waals surface area contributed by atoms with Crippen LogP contribution in [0, 0.1) is 0 Å². The Bertz CT molecular complexity index is 462. The lowest BCUT2D eigenvalue weighted by Crippen LogP contribution is -2.02. The van der Waals surface area contributed by atoms with E-state index in [0.29, 0.717) is 6.61 Å². The van der Waals surface area contributed by atoms with Crippen LogP contribution < -0.4 is 0 Å². The molecule has 0 bridgehead atoms. The first kappa shape index (κ1) is 12.8. The maximum Gasteiger partial charge on any atom is 0.0885 e. The summed E-state index contributed by atoms with van der Waals surface area (Å²) >= 11 is 0. The van der Waals surface area contributed by atoms with E-state index in [9.17, 15) is 0 Å². The first-order valence-corrected chi connectivity index (χ1v) is 6.42. The van der Waals surface area contributed by atoms with Crippen molar-refractivity contribution < 1.29 is 4.74 Å². The van der Waals surface area contributed by atoms with E-state index in [1.165, 1.54) is 5.56 Å². The van der Waals surface area contributed by atoms with Crippen LogP contribution in [0.15, 0.2) is 36.4 Å². The monoisotopic (exact) mass is 244 g/mol. The van der Waals surface area contributed by atoms with Crippen LogP contribution >= 0.6 is 0 Å². The summed E-state index contributed by atoms with van der Waals surface area (Å²) in [6, 6.07) is 12.6. The van der Waals surface area contributed by atoms with E-state index >= 15 is 0 Å². The number of hydrogen-bond donors (Lipinski definition) is 1. The number of ether oxygens (including phenoxy) is 1. The Hall–Kier alpha value is -1.61. The molecule has 1 N–H and O–H groups in total. The van der Waals surface area contributed by atoms with E-state index in [4.69, 9.17) is 4.74 Å². The molecule has 18 heavy (non-hydrogen) atoms. The van der Waals surface area contributed by atoms with Crippen LogP contribution in [0.1, 0.15) is 30.8 Å². The summed E-state index contributed by atoms with van der Waals surface area (Å²) in [7, 11) is 0. The molecule has 0 atom stereocenters. The number of aromatic amines is 1. The number of aromatic nitrogens is 2. The molecule has 0 aliphatic heterocycles. The summed E-state index contributed by atoms with van der Waals surface area (Å²) in [5.74, 6) is 0. The van der Waals surface area contributed by atoms with Gasteiger partial charge in [0.1, 0.15) is 0 Å². The maximum atomic E-state index is 5.53. The average molecular weight is 244 g/mol. The Morgan fingerprint density at radius 2 is 1.94 bits per heavy atom. The highest BCUT2D eigenvalue weighted by Gasteiger charge is 2.03. The van der Waals surface area contributed by atoms with Gasteiger partial charge in [0.15, 0.2) is 0 Å². The molecule has 1 heterocycles. The van der Waals surface area contributed by atoms with Crippen LogP contribution in [0.2, 0.25) is 0 Å². The fourth-order valence-electron chi connectivity index (χ4n) is 1.78. The standard InChI is InChI=1S/C15H20N2O/c1-12(2)18-11-15-10-14(16-17-15)9-8-13-6-4-3-5-7-13/h3-7,10,12H,8-9,11H2,1-2H3,(H,16,17). The minimum absolute atomic E-state index is 0.251. The molecule has 3 heteroatoms. The maximum absolute atomic E-state index is 5.53. The first-order valence-electron chi connectivity index (χ1n) is 6.42. The molecule has 96 valence electrons. The minimum atomic E-state index is 0.251. The van der Waals surface area contributed by atoms with Gasteiger partial charge in [0.25, 0.3) is 0 Å². The lowest BCUT2D eigenvalue weighted by molar-refractivity contribution is 0.0636. The van der Waals surface area contributed by atoms with E-state index in [-0.39, 0.29) is 6.10 Å². The third-order valence-electron chi connectivity index (χ3n) is 2.77.